The highest BCUT2D eigenvalue weighted by Gasteiger charge is 2.20. The summed E-state index contributed by atoms with van der Waals surface area (Å²) in [5, 5.41) is 3.82. The van der Waals surface area contributed by atoms with E-state index in [9.17, 15) is 8.42 Å². The normalized spacial score (nSPS) is 11.2. The smallest absolute Gasteiger partial charge is 0.280 e. The van der Waals surface area contributed by atoms with Crippen molar-refractivity contribution in [2.45, 2.75) is 4.90 Å². The average Bonchev–Trinajstić information content (AvgIpc) is 2.72. The standard InChI is InChI=1S/C18H22N2O7S/c1-23-13-6-7-14(24-2)18(9-13)28(21,22)20-19-11-12-8-16(26-4)17(27-5)10-15(12)25-3/h6-11,20H,1-5H3/b19-11+. The van der Waals surface area contributed by atoms with Gasteiger partial charge in [-0.2, -0.15) is 18.4 Å². The molecule has 0 atom stereocenters. The molecule has 1 N–H and O–H groups in total. The maximum atomic E-state index is 12.6. The van der Waals surface area contributed by atoms with Crippen molar-refractivity contribution in [3.05, 3.63) is 35.9 Å². The minimum atomic E-state index is -4.00. The second kappa shape index (κ2) is 9.18. The lowest BCUT2D eigenvalue weighted by Gasteiger charge is -2.12. The first kappa shape index (κ1) is 21.2. The first-order valence-electron chi connectivity index (χ1n) is 7.97. The molecule has 0 heterocycles. The van der Waals surface area contributed by atoms with Crippen LogP contribution in [0.15, 0.2) is 40.3 Å². The maximum absolute atomic E-state index is 12.6. The van der Waals surface area contributed by atoms with E-state index in [1.54, 1.807) is 18.2 Å². The summed E-state index contributed by atoms with van der Waals surface area (Å²) in [6.07, 6.45) is 1.30. The van der Waals surface area contributed by atoms with Gasteiger partial charge in [0.05, 0.1) is 41.8 Å². The summed E-state index contributed by atoms with van der Waals surface area (Å²) in [6, 6.07) is 7.65. The van der Waals surface area contributed by atoms with E-state index in [-0.39, 0.29) is 10.6 Å². The Morgan fingerprint density at radius 3 is 1.96 bits per heavy atom. The Morgan fingerprint density at radius 2 is 1.39 bits per heavy atom. The monoisotopic (exact) mass is 410 g/mol. The van der Waals surface area contributed by atoms with Crippen LogP contribution >= 0.6 is 0 Å². The fourth-order valence-corrected chi connectivity index (χ4v) is 3.34. The number of ether oxygens (including phenoxy) is 5. The molecule has 0 unspecified atom stereocenters. The fourth-order valence-electron chi connectivity index (χ4n) is 2.36. The van der Waals surface area contributed by atoms with Crippen LogP contribution in [0.25, 0.3) is 0 Å². The van der Waals surface area contributed by atoms with Gasteiger partial charge in [0.15, 0.2) is 11.5 Å². The van der Waals surface area contributed by atoms with Gasteiger partial charge in [-0.15, -0.1) is 0 Å². The van der Waals surface area contributed by atoms with Crippen molar-refractivity contribution in [3.63, 3.8) is 0 Å². The fraction of sp³-hybridized carbons (Fsp3) is 0.278. The number of rotatable bonds is 9. The van der Waals surface area contributed by atoms with Crippen molar-refractivity contribution in [2.24, 2.45) is 5.10 Å². The molecule has 0 saturated carbocycles. The molecule has 10 heteroatoms. The van der Waals surface area contributed by atoms with E-state index in [2.05, 4.69) is 9.93 Å². The highest BCUT2D eigenvalue weighted by Crippen LogP contribution is 2.34. The summed E-state index contributed by atoms with van der Waals surface area (Å²) in [5.41, 5.74) is 0.487. The lowest BCUT2D eigenvalue weighted by Crippen LogP contribution is -2.19. The molecule has 0 spiro atoms. The van der Waals surface area contributed by atoms with Crippen molar-refractivity contribution >= 4 is 16.2 Å². The highest BCUT2D eigenvalue weighted by molar-refractivity contribution is 7.89. The first-order chi connectivity index (χ1) is 13.4. The van der Waals surface area contributed by atoms with Crippen molar-refractivity contribution in [2.75, 3.05) is 35.5 Å². The molecule has 9 nitrogen and oxygen atoms in total. The lowest BCUT2D eigenvalue weighted by atomic mass is 10.2. The third-order valence-corrected chi connectivity index (χ3v) is 5.02. The van der Waals surface area contributed by atoms with Crippen LogP contribution in [0.4, 0.5) is 0 Å². The molecule has 0 aromatic heterocycles. The molecule has 0 fully saturated rings. The number of hydrazone groups is 1. The van der Waals surface area contributed by atoms with Crippen molar-refractivity contribution in [1.82, 2.24) is 4.83 Å². The van der Waals surface area contributed by atoms with E-state index in [1.807, 2.05) is 0 Å². The molecule has 0 saturated heterocycles. The molecule has 0 bridgehead atoms. The van der Waals surface area contributed by atoms with Crippen LogP contribution in [-0.4, -0.2) is 50.2 Å². The molecule has 0 aliphatic rings. The van der Waals surface area contributed by atoms with E-state index < -0.39 is 10.0 Å². The number of nitrogens with one attached hydrogen (secondary N) is 1. The van der Waals surface area contributed by atoms with Crippen LogP contribution in [0.3, 0.4) is 0 Å². The van der Waals surface area contributed by atoms with Crippen LogP contribution in [0.5, 0.6) is 28.7 Å². The van der Waals surface area contributed by atoms with Crippen molar-refractivity contribution in [3.8, 4) is 28.7 Å². The third kappa shape index (κ3) is 4.58. The molecule has 0 aliphatic carbocycles. The Labute approximate surface area is 163 Å². The largest absolute Gasteiger partial charge is 0.497 e. The summed E-state index contributed by atoms with van der Waals surface area (Å²) in [7, 11) is 3.27. The molecular formula is C18H22N2O7S. The van der Waals surface area contributed by atoms with Gasteiger partial charge in [0.2, 0.25) is 0 Å². The van der Waals surface area contributed by atoms with Gasteiger partial charge in [0.25, 0.3) is 10.0 Å². The topological polar surface area (TPSA) is 105 Å². The number of hydrogen-bond donors (Lipinski definition) is 1. The van der Waals surface area contributed by atoms with Gasteiger partial charge < -0.3 is 23.7 Å². The first-order valence-corrected chi connectivity index (χ1v) is 9.45. The number of methoxy groups -OCH3 is 5. The molecule has 0 amide bonds. The minimum absolute atomic E-state index is 0.106. The van der Waals surface area contributed by atoms with Crippen LogP contribution in [0, 0.1) is 0 Å². The quantitative estimate of drug-likeness (QED) is 0.498. The van der Waals surface area contributed by atoms with Crippen LogP contribution in [0.1, 0.15) is 5.56 Å². The van der Waals surface area contributed by atoms with Gasteiger partial charge in [0, 0.05) is 17.7 Å². The molecule has 2 aromatic rings. The molecule has 2 rings (SSSR count). The number of nitrogens with zero attached hydrogens (tertiary/aromatic N) is 1. The molecule has 28 heavy (non-hydrogen) atoms. The van der Waals surface area contributed by atoms with Crippen LogP contribution in [0.2, 0.25) is 0 Å². The second-order valence-electron chi connectivity index (χ2n) is 5.32. The number of benzene rings is 2. The molecular weight excluding hydrogens is 388 g/mol. The second-order valence-corrected chi connectivity index (χ2v) is 6.95. The van der Waals surface area contributed by atoms with E-state index >= 15 is 0 Å². The number of sulfonamides is 1. The Hall–Kier alpha value is -3.14. The Kier molecular flexibility index (Phi) is 6.94. The summed E-state index contributed by atoms with van der Waals surface area (Å²) >= 11 is 0. The van der Waals surface area contributed by atoms with Crippen molar-refractivity contribution < 1.29 is 32.1 Å². The van der Waals surface area contributed by atoms with E-state index in [4.69, 9.17) is 23.7 Å². The van der Waals surface area contributed by atoms with E-state index in [0.29, 0.717) is 28.6 Å². The highest BCUT2D eigenvalue weighted by atomic mass is 32.2. The average molecular weight is 410 g/mol. The summed E-state index contributed by atoms with van der Waals surface area (Å²) in [5.74, 6) is 1.87. The van der Waals surface area contributed by atoms with Gasteiger partial charge in [-0.25, -0.2) is 0 Å². The Morgan fingerprint density at radius 1 is 0.786 bits per heavy atom. The molecule has 2 aromatic carbocycles. The van der Waals surface area contributed by atoms with Gasteiger partial charge in [-0.1, -0.05) is 0 Å². The number of hydrogen-bond acceptors (Lipinski definition) is 8. The zero-order valence-corrected chi connectivity index (χ0v) is 17.0. The van der Waals surface area contributed by atoms with Crippen LogP contribution in [-0.2, 0) is 10.0 Å². The SMILES string of the molecule is COc1ccc(OC)c(S(=O)(=O)N/N=C/c2cc(OC)c(OC)cc2OC)c1. The summed E-state index contributed by atoms with van der Waals surface area (Å²) < 4.78 is 51.1. The molecule has 0 aliphatic heterocycles. The van der Waals surface area contributed by atoms with Gasteiger partial charge in [0.1, 0.15) is 22.1 Å². The molecule has 152 valence electrons. The minimum Gasteiger partial charge on any atom is -0.497 e. The third-order valence-electron chi connectivity index (χ3n) is 3.77. The lowest BCUT2D eigenvalue weighted by molar-refractivity contribution is 0.349. The predicted molar refractivity (Wildman–Crippen MR) is 104 cm³/mol. The predicted octanol–water partition coefficient (Wildman–Crippen LogP) is 2.04. The zero-order valence-electron chi connectivity index (χ0n) is 16.2. The van der Waals surface area contributed by atoms with Gasteiger partial charge >= 0.3 is 0 Å². The summed E-state index contributed by atoms with van der Waals surface area (Å²) in [6.45, 7) is 0. The zero-order chi connectivity index (χ0) is 20.7. The Bertz CT molecular complexity index is 959. The Balaban J connectivity index is 2.34. The summed E-state index contributed by atoms with van der Waals surface area (Å²) in [4.78, 5) is 2.04. The van der Waals surface area contributed by atoms with E-state index in [1.165, 1.54) is 53.9 Å². The maximum Gasteiger partial charge on any atom is 0.280 e. The molecule has 0 radical (unpaired) electrons. The van der Waals surface area contributed by atoms with Gasteiger partial charge in [-0.05, 0) is 18.2 Å². The van der Waals surface area contributed by atoms with Gasteiger partial charge in [-0.3, -0.25) is 0 Å². The van der Waals surface area contributed by atoms with E-state index in [0.717, 1.165) is 0 Å². The van der Waals surface area contributed by atoms with Crippen LogP contribution < -0.4 is 28.5 Å². The van der Waals surface area contributed by atoms with Crippen molar-refractivity contribution in [1.29, 1.82) is 0 Å².